The van der Waals surface area contributed by atoms with Crippen molar-refractivity contribution in [3.8, 4) is 5.75 Å². The molecule has 162 valence electrons. The number of alkyl halides is 2. The van der Waals surface area contributed by atoms with Crippen LogP contribution in [0.2, 0.25) is 0 Å². The molecule has 0 spiro atoms. The van der Waals surface area contributed by atoms with Crippen molar-refractivity contribution in [2.75, 3.05) is 36.5 Å². The number of carbonyl (C=O) groups excluding carboxylic acids is 1. The number of carbonyl (C=O) groups is 1. The predicted octanol–water partition coefficient (Wildman–Crippen LogP) is 3.03. The molecule has 1 aromatic heterocycles. The van der Waals surface area contributed by atoms with Crippen molar-refractivity contribution in [2.24, 2.45) is 0 Å². The minimum absolute atomic E-state index is 0.0223. The van der Waals surface area contributed by atoms with E-state index in [9.17, 15) is 13.6 Å². The van der Waals surface area contributed by atoms with E-state index in [0.717, 1.165) is 37.4 Å². The van der Waals surface area contributed by atoms with Crippen molar-refractivity contribution in [1.82, 2.24) is 15.3 Å². The molecule has 1 saturated heterocycles. The number of amides is 1. The Hall–Kier alpha value is -2.97. The van der Waals surface area contributed by atoms with Gasteiger partial charge in [-0.3, -0.25) is 4.79 Å². The second kappa shape index (κ2) is 9.69. The van der Waals surface area contributed by atoms with Crippen LogP contribution in [0.25, 0.3) is 0 Å². The van der Waals surface area contributed by atoms with Gasteiger partial charge in [0.2, 0.25) is 5.95 Å². The van der Waals surface area contributed by atoms with E-state index in [1.54, 1.807) is 37.4 Å². The normalized spacial score (nSPS) is 17.1. The first-order chi connectivity index (χ1) is 14.4. The second-order valence-corrected chi connectivity index (χ2v) is 7.30. The zero-order valence-electron chi connectivity index (χ0n) is 17.4. The summed E-state index contributed by atoms with van der Waals surface area (Å²) in [5.41, 5.74) is 0.734. The fourth-order valence-corrected chi connectivity index (χ4v) is 3.26. The summed E-state index contributed by atoms with van der Waals surface area (Å²) in [6, 6.07) is 8.53. The molecule has 7 nitrogen and oxygen atoms in total. The van der Waals surface area contributed by atoms with Crippen LogP contribution in [0.15, 0.2) is 36.5 Å². The number of hydrogen-bond acceptors (Lipinski definition) is 6. The average molecular weight is 419 g/mol. The maximum atomic E-state index is 12.4. The first-order valence-electron chi connectivity index (χ1n) is 10.0. The van der Waals surface area contributed by atoms with Crippen LogP contribution in [0.5, 0.6) is 5.75 Å². The van der Waals surface area contributed by atoms with Gasteiger partial charge in [0, 0.05) is 32.8 Å². The standard InChI is InChI=1S/C21H27F2N5O2/c1-4-27(3)21-24-11-9-18(26-21)28-12-10-17(13-28)30-16-7-5-15(6-8-16)14(2)25-20(29)19(22)23/h5-9,11,14,17,19H,4,10,12-13H2,1-3H3,(H,25,29)/t14-,17?/m0/s1. The molecule has 1 aromatic carbocycles. The average Bonchev–Trinajstić information content (AvgIpc) is 3.22. The Kier molecular flexibility index (Phi) is 7.02. The van der Waals surface area contributed by atoms with Gasteiger partial charge in [0.1, 0.15) is 17.7 Å². The predicted molar refractivity (Wildman–Crippen MR) is 111 cm³/mol. The molecule has 0 radical (unpaired) electrons. The summed E-state index contributed by atoms with van der Waals surface area (Å²) >= 11 is 0. The molecule has 3 rings (SSSR count). The minimum atomic E-state index is -3.02. The van der Waals surface area contributed by atoms with Crippen LogP contribution < -0.4 is 19.9 Å². The smallest absolute Gasteiger partial charge is 0.315 e. The van der Waals surface area contributed by atoms with E-state index >= 15 is 0 Å². The van der Waals surface area contributed by atoms with Crippen molar-refractivity contribution < 1.29 is 18.3 Å². The van der Waals surface area contributed by atoms with Gasteiger partial charge in [-0.05, 0) is 37.6 Å². The highest BCUT2D eigenvalue weighted by Crippen LogP contribution is 2.24. The number of rotatable bonds is 8. The molecule has 30 heavy (non-hydrogen) atoms. The molecule has 1 fully saturated rings. The molecule has 0 saturated carbocycles. The summed E-state index contributed by atoms with van der Waals surface area (Å²) in [6.45, 7) is 6.10. The van der Waals surface area contributed by atoms with Gasteiger partial charge in [-0.25, -0.2) is 4.98 Å². The Labute approximate surface area is 175 Å². The summed E-state index contributed by atoms with van der Waals surface area (Å²) in [5.74, 6) is 1.01. The first kappa shape index (κ1) is 21.7. The Morgan fingerprint density at radius 3 is 2.73 bits per heavy atom. The Balaban J connectivity index is 1.56. The van der Waals surface area contributed by atoms with Gasteiger partial charge in [0.25, 0.3) is 5.91 Å². The van der Waals surface area contributed by atoms with Crippen LogP contribution in [-0.2, 0) is 4.79 Å². The van der Waals surface area contributed by atoms with Gasteiger partial charge in [0.05, 0.1) is 12.6 Å². The van der Waals surface area contributed by atoms with Crippen LogP contribution >= 0.6 is 0 Å². The Morgan fingerprint density at radius 2 is 2.07 bits per heavy atom. The monoisotopic (exact) mass is 419 g/mol. The number of nitrogens with zero attached hydrogens (tertiary/aromatic N) is 4. The van der Waals surface area contributed by atoms with Crippen molar-refractivity contribution in [3.63, 3.8) is 0 Å². The quantitative estimate of drug-likeness (QED) is 0.709. The third-order valence-corrected chi connectivity index (χ3v) is 5.15. The fraction of sp³-hybridized carbons (Fsp3) is 0.476. The highest BCUT2D eigenvalue weighted by Gasteiger charge is 2.25. The number of aromatic nitrogens is 2. The van der Waals surface area contributed by atoms with Crippen LogP contribution in [0.1, 0.15) is 31.9 Å². The zero-order valence-corrected chi connectivity index (χ0v) is 17.4. The molecular weight excluding hydrogens is 392 g/mol. The topological polar surface area (TPSA) is 70.6 Å². The third kappa shape index (κ3) is 5.34. The molecule has 2 atom stereocenters. The van der Waals surface area contributed by atoms with Gasteiger partial charge >= 0.3 is 6.43 Å². The summed E-state index contributed by atoms with van der Waals surface area (Å²) in [4.78, 5) is 24.2. The lowest BCUT2D eigenvalue weighted by Crippen LogP contribution is -2.31. The summed E-state index contributed by atoms with van der Waals surface area (Å²) in [5, 5.41) is 2.28. The van der Waals surface area contributed by atoms with Crippen LogP contribution in [0.4, 0.5) is 20.5 Å². The highest BCUT2D eigenvalue weighted by molar-refractivity contribution is 5.79. The maximum absolute atomic E-state index is 12.4. The minimum Gasteiger partial charge on any atom is -0.489 e. The number of anilines is 2. The molecule has 1 unspecified atom stereocenters. The van der Waals surface area contributed by atoms with E-state index in [2.05, 4.69) is 27.1 Å². The van der Waals surface area contributed by atoms with Crippen molar-refractivity contribution in [2.45, 2.75) is 38.8 Å². The van der Waals surface area contributed by atoms with Crippen LogP contribution in [0, 0.1) is 0 Å². The zero-order chi connectivity index (χ0) is 21.7. The Morgan fingerprint density at radius 1 is 1.33 bits per heavy atom. The molecule has 1 aliphatic heterocycles. The highest BCUT2D eigenvalue weighted by atomic mass is 19.3. The molecule has 1 N–H and O–H groups in total. The molecular formula is C21H27F2N5O2. The summed E-state index contributed by atoms with van der Waals surface area (Å²) < 4.78 is 30.8. The van der Waals surface area contributed by atoms with E-state index in [-0.39, 0.29) is 6.10 Å². The van der Waals surface area contributed by atoms with Crippen LogP contribution in [0.3, 0.4) is 0 Å². The molecule has 2 heterocycles. The molecule has 2 aromatic rings. The van der Waals surface area contributed by atoms with E-state index in [4.69, 9.17) is 4.74 Å². The number of nitrogens with one attached hydrogen (secondary N) is 1. The lowest BCUT2D eigenvalue weighted by molar-refractivity contribution is -0.132. The van der Waals surface area contributed by atoms with Crippen molar-refractivity contribution in [1.29, 1.82) is 0 Å². The molecule has 0 bridgehead atoms. The molecule has 1 aliphatic rings. The molecule has 0 aliphatic carbocycles. The summed E-state index contributed by atoms with van der Waals surface area (Å²) in [7, 11) is 1.96. The van der Waals surface area contributed by atoms with E-state index in [1.165, 1.54) is 0 Å². The van der Waals surface area contributed by atoms with E-state index < -0.39 is 18.4 Å². The van der Waals surface area contributed by atoms with Gasteiger partial charge in [-0.1, -0.05) is 12.1 Å². The Bertz CT molecular complexity index is 850. The summed E-state index contributed by atoms with van der Waals surface area (Å²) in [6.07, 6.45) is -0.362. The number of hydrogen-bond donors (Lipinski definition) is 1. The number of halogens is 2. The first-order valence-corrected chi connectivity index (χ1v) is 10.0. The van der Waals surface area contributed by atoms with Crippen molar-refractivity contribution >= 4 is 17.7 Å². The molecule has 9 heteroatoms. The lowest BCUT2D eigenvalue weighted by Gasteiger charge is -2.20. The lowest BCUT2D eigenvalue weighted by atomic mass is 10.1. The maximum Gasteiger partial charge on any atom is 0.315 e. The number of ether oxygens (including phenoxy) is 1. The van der Waals surface area contributed by atoms with Crippen LogP contribution in [-0.4, -0.2) is 55.1 Å². The second-order valence-electron chi connectivity index (χ2n) is 7.30. The third-order valence-electron chi connectivity index (χ3n) is 5.15. The SMILES string of the molecule is CCN(C)c1nccc(N2CCC(Oc3ccc([C@H](C)NC(=O)C(F)F)cc3)C2)n1. The number of benzene rings is 1. The van der Waals surface area contributed by atoms with E-state index in [1.807, 2.05) is 18.0 Å². The largest absolute Gasteiger partial charge is 0.489 e. The van der Waals surface area contributed by atoms with Crippen molar-refractivity contribution in [3.05, 3.63) is 42.1 Å². The molecule has 1 amide bonds. The van der Waals surface area contributed by atoms with Gasteiger partial charge in [0.15, 0.2) is 0 Å². The van der Waals surface area contributed by atoms with E-state index in [0.29, 0.717) is 11.7 Å². The fourth-order valence-electron chi connectivity index (χ4n) is 3.26. The van der Waals surface area contributed by atoms with Gasteiger partial charge in [-0.15, -0.1) is 0 Å². The van der Waals surface area contributed by atoms with Gasteiger partial charge < -0.3 is 19.9 Å². The van der Waals surface area contributed by atoms with Gasteiger partial charge in [-0.2, -0.15) is 13.8 Å².